The minimum Gasteiger partial charge on any atom is -0.388 e. The van der Waals surface area contributed by atoms with Gasteiger partial charge in [0.2, 0.25) is 0 Å². The minimum absolute atomic E-state index is 0.328. The third-order valence-corrected chi connectivity index (χ3v) is 8.84. The number of aliphatic hydroxyl groups is 1. The molecular formula is C11H12Br2O. The Bertz CT molecular complexity index is 353. The molecule has 1 nitrogen and oxygen atoms in total. The fourth-order valence-electron chi connectivity index (χ4n) is 6.47. The molecule has 6 fully saturated rings. The molecule has 0 saturated heterocycles. The van der Waals surface area contributed by atoms with Crippen molar-refractivity contribution in [2.24, 2.45) is 41.4 Å². The van der Waals surface area contributed by atoms with Crippen LogP contribution in [0.1, 0.15) is 6.42 Å². The van der Waals surface area contributed by atoms with Gasteiger partial charge in [0.1, 0.15) is 0 Å². The number of rotatable bonds is 0. The molecule has 0 spiro atoms. The van der Waals surface area contributed by atoms with E-state index < -0.39 is 0 Å². The molecule has 14 heavy (non-hydrogen) atoms. The molecule has 0 aromatic heterocycles. The molecule has 76 valence electrons. The number of halogens is 2. The molecule has 3 heteroatoms. The van der Waals surface area contributed by atoms with Crippen LogP contribution in [0.4, 0.5) is 0 Å². The van der Waals surface area contributed by atoms with Gasteiger partial charge >= 0.3 is 0 Å². The normalized spacial score (nSPS) is 85.5. The Balaban J connectivity index is 1.88. The Morgan fingerprint density at radius 2 is 1.79 bits per heavy atom. The van der Waals surface area contributed by atoms with Gasteiger partial charge in [0.05, 0.1) is 5.60 Å². The van der Waals surface area contributed by atoms with Gasteiger partial charge in [-0.25, -0.2) is 0 Å². The van der Waals surface area contributed by atoms with Crippen molar-refractivity contribution < 1.29 is 5.11 Å². The highest BCUT2D eigenvalue weighted by molar-refractivity contribution is 9.10. The van der Waals surface area contributed by atoms with Crippen LogP contribution in [0.2, 0.25) is 0 Å². The standard InChI is InChI=1S/C11H12Br2O/c12-9-6-2-1-3-5-4(2)8(9)11(14,7(3)6)10(5)13/h2-10,14H,1H2/t2-,3+,4-,5-,6+,7+,8-,9+,10+,11+/m0/s1. The molecule has 0 amide bonds. The molecule has 0 unspecified atom stereocenters. The maximum Gasteiger partial charge on any atom is 0.0850 e. The summed E-state index contributed by atoms with van der Waals surface area (Å²) in [6, 6.07) is 0. The molecule has 0 heterocycles. The first-order valence-electron chi connectivity index (χ1n) is 5.68. The van der Waals surface area contributed by atoms with Crippen molar-refractivity contribution in [2.75, 3.05) is 0 Å². The first-order chi connectivity index (χ1) is 6.67. The van der Waals surface area contributed by atoms with Gasteiger partial charge in [0.15, 0.2) is 0 Å². The number of alkyl halides is 2. The lowest BCUT2D eigenvalue weighted by Gasteiger charge is -2.38. The van der Waals surface area contributed by atoms with Crippen LogP contribution in [0.5, 0.6) is 0 Å². The van der Waals surface area contributed by atoms with Crippen molar-refractivity contribution in [1.82, 2.24) is 0 Å². The Kier molecular flexibility index (Phi) is 1.10. The average Bonchev–Trinajstić information content (AvgIpc) is 2.81. The highest BCUT2D eigenvalue weighted by atomic mass is 79.9. The quantitative estimate of drug-likeness (QED) is 0.677. The van der Waals surface area contributed by atoms with Gasteiger partial charge < -0.3 is 5.11 Å². The van der Waals surface area contributed by atoms with Gasteiger partial charge in [0.25, 0.3) is 0 Å². The SMILES string of the molecule is O[C@]12[C@@H]3[C@H](Br)[C@@H]4[C@H]5C[C@H]([C@@H]([C@H]53)[C@H]1Br)[C@H]42. The Morgan fingerprint density at radius 3 is 2.50 bits per heavy atom. The van der Waals surface area contributed by atoms with E-state index in [4.69, 9.17) is 0 Å². The van der Waals surface area contributed by atoms with Crippen LogP contribution in [-0.2, 0) is 0 Å². The second-order valence-electron chi connectivity index (χ2n) is 6.08. The van der Waals surface area contributed by atoms with Crippen molar-refractivity contribution >= 4 is 31.9 Å². The topological polar surface area (TPSA) is 20.2 Å². The van der Waals surface area contributed by atoms with Crippen LogP contribution >= 0.6 is 31.9 Å². The van der Waals surface area contributed by atoms with Crippen LogP contribution in [0.25, 0.3) is 0 Å². The van der Waals surface area contributed by atoms with E-state index in [1.54, 1.807) is 0 Å². The summed E-state index contributed by atoms with van der Waals surface area (Å²) in [4.78, 5) is 1.04. The van der Waals surface area contributed by atoms with Gasteiger partial charge in [0, 0.05) is 15.6 Å². The van der Waals surface area contributed by atoms with E-state index in [0.29, 0.717) is 21.5 Å². The van der Waals surface area contributed by atoms with E-state index in [1.807, 2.05) is 0 Å². The largest absolute Gasteiger partial charge is 0.388 e. The fraction of sp³-hybridized carbons (Fsp3) is 1.00. The summed E-state index contributed by atoms with van der Waals surface area (Å²) in [6.45, 7) is 0. The maximum absolute atomic E-state index is 10.9. The molecule has 0 radical (unpaired) electrons. The van der Waals surface area contributed by atoms with Gasteiger partial charge in [-0.1, -0.05) is 31.9 Å². The first kappa shape index (κ1) is 8.08. The number of hydrogen-bond donors (Lipinski definition) is 1. The van der Waals surface area contributed by atoms with Gasteiger partial charge in [-0.2, -0.15) is 0 Å². The van der Waals surface area contributed by atoms with Crippen molar-refractivity contribution in [3.63, 3.8) is 0 Å². The molecule has 10 atom stereocenters. The highest BCUT2D eigenvalue weighted by Gasteiger charge is 2.88. The minimum atomic E-state index is -0.328. The summed E-state index contributed by atoms with van der Waals surface area (Å²) in [7, 11) is 0. The predicted octanol–water partition coefficient (Wildman–Crippen LogP) is 2.02. The molecule has 0 aromatic rings. The second-order valence-corrected chi connectivity index (χ2v) is 8.12. The lowest BCUT2D eigenvalue weighted by molar-refractivity contribution is -0.0511. The van der Waals surface area contributed by atoms with Crippen molar-refractivity contribution in [3.05, 3.63) is 0 Å². The van der Waals surface area contributed by atoms with E-state index >= 15 is 0 Å². The van der Waals surface area contributed by atoms with Crippen LogP contribution in [0, 0.1) is 41.4 Å². The van der Waals surface area contributed by atoms with Crippen LogP contribution < -0.4 is 0 Å². The highest BCUT2D eigenvalue weighted by Crippen LogP contribution is 2.85. The Hall–Kier alpha value is 0.920. The molecule has 6 aliphatic rings. The molecule has 6 rings (SSSR count). The lowest BCUT2D eigenvalue weighted by Crippen LogP contribution is -2.45. The van der Waals surface area contributed by atoms with Gasteiger partial charge in [-0.05, 0) is 41.9 Å². The summed E-state index contributed by atoms with van der Waals surface area (Å²) in [5.41, 5.74) is -0.328. The maximum atomic E-state index is 10.9. The molecule has 6 bridgehead atoms. The molecule has 0 aromatic carbocycles. The Labute approximate surface area is 99.9 Å². The van der Waals surface area contributed by atoms with E-state index in [9.17, 15) is 5.11 Å². The molecule has 6 saturated carbocycles. The van der Waals surface area contributed by atoms with Crippen molar-refractivity contribution in [1.29, 1.82) is 0 Å². The average molecular weight is 320 g/mol. The summed E-state index contributed by atoms with van der Waals surface area (Å²) >= 11 is 7.67. The van der Waals surface area contributed by atoms with Gasteiger partial charge in [-0.3, -0.25) is 0 Å². The van der Waals surface area contributed by atoms with Crippen molar-refractivity contribution in [3.8, 4) is 0 Å². The lowest BCUT2D eigenvalue weighted by atomic mass is 9.69. The fourth-order valence-corrected chi connectivity index (χ4v) is 9.32. The summed E-state index contributed by atoms with van der Waals surface area (Å²) in [5, 5.41) is 10.9. The second kappa shape index (κ2) is 1.91. The number of hydrogen-bond acceptors (Lipinski definition) is 1. The molecule has 6 aliphatic carbocycles. The predicted molar refractivity (Wildman–Crippen MR) is 59.4 cm³/mol. The molecule has 0 aliphatic heterocycles. The zero-order valence-electron chi connectivity index (χ0n) is 7.61. The van der Waals surface area contributed by atoms with Crippen LogP contribution in [0.3, 0.4) is 0 Å². The van der Waals surface area contributed by atoms with Crippen LogP contribution in [-0.4, -0.2) is 20.4 Å². The van der Waals surface area contributed by atoms with E-state index in [0.717, 1.165) is 29.6 Å². The summed E-state index contributed by atoms with van der Waals surface area (Å²) < 4.78 is 0. The van der Waals surface area contributed by atoms with E-state index in [1.165, 1.54) is 6.42 Å². The molecular weight excluding hydrogens is 308 g/mol. The summed E-state index contributed by atoms with van der Waals surface area (Å²) in [6.07, 6.45) is 1.42. The first-order valence-corrected chi connectivity index (χ1v) is 7.51. The molecule has 1 N–H and O–H groups in total. The monoisotopic (exact) mass is 318 g/mol. The summed E-state index contributed by atoms with van der Waals surface area (Å²) in [5.74, 6) is 5.54. The zero-order chi connectivity index (χ0) is 9.40. The third-order valence-electron chi connectivity index (χ3n) is 6.32. The van der Waals surface area contributed by atoms with Crippen LogP contribution in [0.15, 0.2) is 0 Å². The third kappa shape index (κ3) is 0.464. The zero-order valence-corrected chi connectivity index (χ0v) is 10.8. The smallest absolute Gasteiger partial charge is 0.0850 e. The van der Waals surface area contributed by atoms with Crippen molar-refractivity contribution in [2.45, 2.75) is 21.7 Å². The van der Waals surface area contributed by atoms with Gasteiger partial charge in [-0.15, -0.1) is 0 Å². The Morgan fingerprint density at radius 1 is 1.00 bits per heavy atom. The van der Waals surface area contributed by atoms with E-state index in [-0.39, 0.29) is 5.60 Å². The van der Waals surface area contributed by atoms with E-state index in [2.05, 4.69) is 31.9 Å².